The van der Waals surface area contributed by atoms with Crippen LogP contribution in [0.25, 0.3) is 0 Å². The average Bonchev–Trinajstić information content (AvgIpc) is 2.84. The number of ether oxygens (including phenoxy) is 1. The van der Waals surface area contributed by atoms with Crippen molar-refractivity contribution in [1.82, 2.24) is 10.6 Å². The van der Waals surface area contributed by atoms with Crippen LogP contribution >= 0.6 is 0 Å². The molecule has 0 aliphatic rings. The normalized spacial score (nSPS) is 12.7. The highest BCUT2D eigenvalue weighted by atomic mass is 16.6. The lowest BCUT2D eigenvalue weighted by atomic mass is 10.2. The maximum absolute atomic E-state index is 11.7. The molecule has 0 aliphatic heterocycles. The summed E-state index contributed by atoms with van der Waals surface area (Å²) >= 11 is 0. The summed E-state index contributed by atoms with van der Waals surface area (Å²) in [5.41, 5.74) is -0.531. The molecule has 7 nitrogen and oxygen atoms in total. The summed E-state index contributed by atoms with van der Waals surface area (Å²) in [7, 11) is 0. The molecule has 0 spiro atoms. The molecule has 1 heterocycles. The number of nitrogens with one attached hydrogen (secondary N) is 2. The fourth-order valence-electron chi connectivity index (χ4n) is 1.73. The number of amides is 1. The molecule has 0 radical (unpaired) electrons. The number of hydrogen-bond donors (Lipinski definition) is 3. The third kappa shape index (κ3) is 6.62. The van der Waals surface area contributed by atoms with E-state index >= 15 is 0 Å². The number of rotatable bonds is 7. The molecule has 0 bridgehead atoms. The van der Waals surface area contributed by atoms with Gasteiger partial charge in [0.15, 0.2) is 0 Å². The molecule has 1 aromatic heterocycles. The lowest BCUT2D eigenvalue weighted by molar-refractivity contribution is 0.0501. The lowest BCUT2D eigenvalue weighted by Crippen LogP contribution is -2.43. The zero-order valence-corrected chi connectivity index (χ0v) is 13.4. The molecule has 0 saturated heterocycles. The number of carbonyl (C=O) groups is 2. The fourth-order valence-corrected chi connectivity index (χ4v) is 1.73. The summed E-state index contributed by atoms with van der Waals surface area (Å²) in [5.74, 6) is -0.649. The minimum Gasteiger partial charge on any atom is -0.475 e. The smallest absolute Gasteiger partial charge is 0.407 e. The summed E-state index contributed by atoms with van der Waals surface area (Å²) in [6.07, 6.45) is 0.289. The molecule has 1 amide bonds. The molecule has 0 aromatic carbocycles. The number of aromatic carboxylic acids is 1. The quantitative estimate of drug-likeness (QED) is 0.714. The highest BCUT2D eigenvalue weighted by Gasteiger charge is 2.18. The first-order chi connectivity index (χ1) is 10.2. The molecular weight excluding hydrogens is 288 g/mol. The van der Waals surface area contributed by atoms with E-state index in [1.54, 1.807) is 6.07 Å². The zero-order valence-electron chi connectivity index (χ0n) is 13.4. The number of carboxylic acids is 1. The molecule has 1 aromatic rings. The van der Waals surface area contributed by atoms with Crippen LogP contribution in [0.2, 0.25) is 0 Å². The average molecular weight is 312 g/mol. The van der Waals surface area contributed by atoms with E-state index in [1.165, 1.54) is 6.07 Å². The third-order valence-corrected chi connectivity index (χ3v) is 2.78. The monoisotopic (exact) mass is 312 g/mol. The van der Waals surface area contributed by atoms with E-state index in [0.717, 1.165) is 6.42 Å². The van der Waals surface area contributed by atoms with E-state index < -0.39 is 17.7 Å². The number of carboxylic acid groups (broad SMARTS) is 1. The highest BCUT2D eigenvalue weighted by Crippen LogP contribution is 2.08. The minimum atomic E-state index is -1.09. The van der Waals surface area contributed by atoms with Gasteiger partial charge in [0, 0.05) is 12.6 Å². The molecule has 7 heteroatoms. The van der Waals surface area contributed by atoms with Gasteiger partial charge in [-0.05, 0) is 39.3 Å². The van der Waals surface area contributed by atoms with Crippen LogP contribution in [0.1, 0.15) is 50.4 Å². The predicted molar refractivity (Wildman–Crippen MR) is 80.8 cm³/mol. The van der Waals surface area contributed by atoms with Gasteiger partial charge in [-0.3, -0.25) is 0 Å². The van der Waals surface area contributed by atoms with Gasteiger partial charge in [0.25, 0.3) is 0 Å². The second-order valence-electron chi connectivity index (χ2n) is 5.95. The van der Waals surface area contributed by atoms with Crippen molar-refractivity contribution in [2.24, 2.45) is 0 Å². The second kappa shape index (κ2) is 7.84. The maximum Gasteiger partial charge on any atom is 0.407 e. The molecule has 3 N–H and O–H groups in total. The fraction of sp³-hybridized carbons (Fsp3) is 0.600. The first kappa shape index (κ1) is 18.0. The second-order valence-corrected chi connectivity index (χ2v) is 5.95. The van der Waals surface area contributed by atoms with Crippen molar-refractivity contribution in [3.05, 3.63) is 23.7 Å². The van der Waals surface area contributed by atoms with Crippen molar-refractivity contribution in [2.45, 2.75) is 52.3 Å². The van der Waals surface area contributed by atoms with Gasteiger partial charge in [0.1, 0.15) is 11.4 Å². The van der Waals surface area contributed by atoms with E-state index in [0.29, 0.717) is 18.8 Å². The summed E-state index contributed by atoms with van der Waals surface area (Å²) in [5, 5.41) is 14.7. The van der Waals surface area contributed by atoms with Crippen LogP contribution in [0.3, 0.4) is 0 Å². The Kier molecular flexibility index (Phi) is 6.42. The first-order valence-corrected chi connectivity index (χ1v) is 7.23. The molecule has 124 valence electrons. The van der Waals surface area contributed by atoms with Crippen LogP contribution in [0.5, 0.6) is 0 Å². The van der Waals surface area contributed by atoms with Crippen LogP contribution < -0.4 is 10.6 Å². The Bertz CT molecular complexity index is 504. The molecule has 1 atom stereocenters. The van der Waals surface area contributed by atoms with Gasteiger partial charge in [-0.15, -0.1) is 0 Å². The Hall–Kier alpha value is -2.02. The third-order valence-electron chi connectivity index (χ3n) is 2.78. The number of hydrogen-bond acceptors (Lipinski definition) is 5. The molecule has 22 heavy (non-hydrogen) atoms. The highest BCUT2D eigenvalue weighted by molar-refractivity contribution is 5.84. The van der Waals surface area contributed by atoms with Crippen molar-refractivity contribution in [3.8, 4) is 0 Å². The minimum absolute atomic E-state index is 0.0799. The van der Waals surface area contributed by atoms with Gasteiger partial charge in [0.05, 0.1) is 6.54 Å². The van der Waals surface area contributed by atoms with Gasteiger partial charge in [-0.2, -0.15) is 0 Å². The molecule has 1 unspecified atom stereocenters. The molecule has 0 fully saturated rings. The summed E-state index contributed by atoms with van der Waals surface area (Å²) < 4.78 is 10.3. The maximum atomic E-state index is 11.7. The molecule has 0 aliphatic carbocycles. The van der Waals surface area contributed by atoms with Gasteiger partial charge >= 0.3 is 12.1 Å². The summed E-state index contributed by atoms with van der Waals surface area (Å²) in [4.78, 5) is 22.4. The number of furan rings is 1. The molecular formula is C15H24N2O5. The van der Waals surface area contributed by atoms with Crippen molar-refractivity contribution in [1.29, 1.82) is 0 Å². The summed E-state index contributed by atoms with van der Waals surface area (Å²) in [6.45, 7) is 8.30. The van der Waals surface area contributed by atoms with Crippen LogP contribution in [0, 0.1) is 0 Å². The van der Waals surface area contributed by atoms with E-state index in [2.05, 4.69) is 10.6 Å². The number of alkyl carbamates (subject to hydrolysis) is 1. The predicted octanol–water partition coefficient (Wildman–Crippen LogP) is 2.37. The van der Waals surface area contributed by atoms with E-state index in [1.807, 2.05) is 27.7 Å². The van der Waals surface area contributed by atoms with Gasteiger partial charge in [-0.1, -0.05) is 6.92 Å². The number of carbonyl (C=O) groups excluding carboxylic acids is 1. The summed E-state index contributed by atoms with van der Waals surface area (Å²) in [6, 6.07) is 2.94. The SMILES string of the molecule is CCC(CNCc1ccc(C(=O)O)o1)NC(=O)OC(C)(C)C. The standard InChI is InChI=1S/C15H24N2O5/c1-5-10(17-14(20)22-15(2,3)4)8-16-9-11-6-7-12(21-11)13(18)19/h6-7,10,16H,5,8-9H2,1-4H3,(H,17,20)(H,18,19). The van der Waals surface area contributed by atoms with Crippen LogP contribution in [-0.2, 0) is 11.3 Å². The van der Waals surface area contributed by atoms with Gasteiger partial charge < -0.3 is 24.9 Å². The van der Waals surface area contributed by atoms with Crippen molar-refractivity contribution < 1.29 is 23.8 Å². The zero-order chi connectivity index (χ0) is 16.8. The van der Waals surface area contributed by atoms with E-state index in [9.17, 15) is 9.59 Å². The van der Waals surface area contributed by atoms with Crippen molar-refractivity contribution in [3.63, 3.8) is 0 Å². The Balaban J connectivity index is 2.37. The van der Waals surface area contributed by atoms with Crippen LogP contribution in [0.4, 0.5) is 4.79 Å². The van der Waals surface area contributed by atoms with Crippen molar-refractivity contribution in [2.75, 3.05) is 6.54 Å². The Morgan fingerprint density at radius 1 is 1.36 bits per heavy atom. The Morgan fingerprint density at radius 3 is 2.55 bits per heavy atom. The first-order valence-electron chi connectivity index (χ1n) is 7.23. The van der Waals surface area contributed by atoms with E-state index in [4.69, 9.17) is 14.3 Å². The van der Waals surface area contributed by atoms with Crippen LogP contribution in [0.15, 0.2) is 16.5 Å². The molecule has 0 saturated carbocycles. The lowest BCUT2D eigenvalue weighted by Gasteiger charge is -2.23. The van der Waals surface area contributed by atoms with E-state index in [-0.39, 0.29) is 11.8 Å². The van der Waals surface area contributed by atoms with Gasteiger partial charge in [0.2, 0.25) is 5.76 Å². The molecule has 1 rings (SSSR count). The Morgan fingerprint density at radius 2 is 2.05 bits per heavy atom. The van der Waals surface area contributed by atoms with Gasteiger partial charge in [-0.25, -0.2) is 9.59 Å². The topological polar surface area (TPSA) is 101 Å². The van der Waals surface area contributed by atoms with Crippen molar-refractivity contribution >= 4 is 12.1 Å². The Labute approximate surface area is 130 Å². The van der Waals surface area contributed by atoms with Crippen LogP contribution in [-0.4, -0.2) is 35.4 Å². The largest absolute Gasteiger partial charge is 0.475 e.